The third kappa shape index (κ3) is 5.78. The summed E-state index contributed by atoms with van der Waals surface area (Å²) in [5.74, 6) is -2.29. The van der Waals surface area contributed by atoms with E-state index in [9.17, 15) is 22.1 Å². The summed E-state index contributed by atoms with van der Waals surface area (Å²) in [6, 6.07) is 2.69. The molecule has 27 heavy (non-hydrogen) atoms. The minimum absolute atomic E-state index is 0.0145. The number of nitrogens with zero attached hydrogens (tertiary/aromatic N) is 3. The fourth-order valence-electron chi connectivity index (χ4n) is 1.79. The number of halogens is 5. The van der Waals surface area contributed by atoms with Crippen LogP contribution in [0.2, 0.25) is 5.15 Å². The number of ether oxygens (including phenoxy) is 1. The van der Waals surface area contributed by atoms with Crippen LogP contribution in [0, 0.1) is 5.82 Å². The van der Waals surface area contributed by atoms with Crippen molar-refractivity contribution in [1.29, 1.82) is 0 Å². The van der Waals surface area contributed by atoms with Crippen LogP contribution in [0.4, 0.5) is 17.6 Å². The molecule has 0 saturated carbocycles. The molecule has 0 N–H and O–H groups in total. The summed E-state index contributed by atoms with van der Waals surface area (Å²) in [6.07, 6.45) is -2.43. The number of hydrogen-bond acceptors (Lipinski definition) is 5. The Labute approximate surface area is 160 Å². The van der Waals surface area contributed by atoms with Crippen molar-refractivity contribution in [3.05, 3.63) is 52.8 Å². The van der Waals surface area contributed by atoms with Crippen LogP contribution in [0.1, 0.15) is 32.0 Å². The van der Waals surface area contributed by atoms with Crippen molar-refractivity contribution in [3.8, 4) is 5.75 Å². The van der Waals surface area contributed by atoms with Crippen LogP contribution in [-0.2, 0) is 11.4 Å². The number of aromatic nitrogens is 2. The summed E-state index contributed by atoms with van der Waals surface area (Å²) >= 11 is 4.23. The van der Waals surface area contributed by atoms with Crippen LogP contribution in [0.5, 0.6) is 5.75 Å². The maximum Gasteiger partial charge on any atom is 0.573 e. The predicted octanol–water partition coefficient (Wildman–Crippen LogP) is 4.47. The van der Waals surface area contributed by atoms with Gasteiger partial charge in [0.15, 0.2) is 22.4 Å². The largest absolute Gasteiger partial charge is 0.591 e. The Balaban J connectivity index is 2.57. The molecule has 5 nitrogen and oxygen atoms in total. The van der Waals surface area contributed by atoms with Crippen molar-refractivity contribution in [1.82, 2.24) is 9.97 Å². The fourth-order valence-corrected chi connectivity index (χ4v) is 2.61. The summed E-state index contributed by atoms with van der Waals surface area (Å²) in [7, 11) is 0. The number of hydrogen-bond donors (Lipinski definition) is 0. The average Bonchev–Trinajstić information content (AvgIpc) is 2.53. The van der Waals surface area contributed by atoms with E-state index in [-0.39, 0.29) is 22.1 Å². The molecule has 146 valence electrons. The second-order valence-corrected chi connectivity index (χ2v) is 8.45. The summed E-state index contributed by atoms with van der Waals surface area (Å²) in [6.45, 7) is 5.01. The molecular weight excluding hydrogens is 410 g/mol. The Morgan fingerprint density at radius 2 is 1.81 bits per heavy atom. The van der Waals surface area contributed by atoms with E-state index in [1.165, 1.54) is 12.4 Å². The molecule has 0 bridgehead atoms. The van der Waals surface area contributed by atoms with E-state index in [1.807, 2.05) is 0 Å². The van der Waals surface area contributed by atoms with Crippen molar-refractivity contribution < 1.29 is 26.9 Å². The van der Waals surface area contributed by atoms with E-state index < -0.39 is 34.0 Å². The van der Waals surface area contributed by atoms with Gasteiger partial charge in [0.1, 0.15) is 21.8 Å². The smallest absolute Gasteiger partial charge is 0.573 e. The SMILES string of the molecule is CC(C)(C)[S+]([O-])/N=C(\c1ccc(OC(F)(F)F)c(F)c1)c1nccnc1Cl. The zero-order valence-corrected chi connectivity index (χ0v) is 15.9. The first-order valence-corrected chi connectivity index (χ1v) is 8.90. The zero-order chi connectivity index (χ0) is 20.4. The Morgan fingerprint density at radius 3 is 2.33 bits per heavy atom. The fraction of sp³-hybridized carbons (Fsp3) is 0.312. The Morgan fingerprint density at radius 1 is 1.19 bits per heavy atom. The van der Waals surface area contributed by atoms with Gasteiger partial charge in [-0.1, -0.05) is 16.0 Å². The topological polar surface area (TPSA) is 70.4 Å². The second kappa shape index (κ2) is 7.99. The highest BCUT2D eigenvalue weighted by atomic mass is 35.5. The highest BCUT2D eigenvalue weighted by Crippen LogP contribution is 2.28. The van der Waals surface area contributed by atoms with Crippen LogP contribution >= 0.6 is 11.6 Å². The van der Waals surface area contributed by atoms with Crippen LogP contribution < -0.4 is 4.74 Å². The lowest BCUT2D eigenvalue weighted by molar-refractivity contribution is -0.275. The Kier molecular flexibility index (Phi) is 6.33. The van der Waals surface area contributed by atoms with Gasteiger partial charge in [-0.05, 0) is 39.0 Å². The maximum absolute atomic E-state index is 14.1. The van der Waals surface area contributed by atoms with Gasteiger partial charge in [0.2, 0.25) is 0 Å². The molecule has 0 fully saturated rings. The van der Waals surface area contributed by atoms with Gasteiger partial charge >= 0.3 is 6.36 Å². The molecule has 2 rings (SSSR count). The van der Waals surface area contributed by atoms with Gasteiger partial charge < -0.3 is 9.29 Å². The molecule has 0 amide bonds. The number of rotatable bonds is 4. The lowest BCUT2D eigenvalue weighted by Crippen LogP contribution is -2.27. The zero-order valence-electron chi connectivity index (χ0n) is 14.3. The van der Waals surface area contributed by atoms with Crippen molar-refractivity contribution in [2.75, 3.05) is 0 Å². The Bertz CT molecular complexity index is 856. The van der Waals surface area contributed by atoms with Crippen LogP contribution in [0.3, 0.4) is 0 Å². The van der Waals surface area contributed by atoms with Crippen molar-refractivity contribution >= 4 is 28.7 Å². The molecule has 1 atom stereocenters. The second-order valence-electron chi connectivity index (χ2n) is 6.19. The summed E-state index contributed by atoms with van der Waals surface area (Å²) in [5, 5.41) is -0.0850. The van der Waals surface area contributed by atoms with Gasteiger partial charge in [0, 0.05) is 18.0 Å². The molecule has 1 unspecified atom stereocenters. The molecule has 0 aliphatic rings. The molecule has 1 aromatic heterocycles. The monoisotopic (exact) mass is 423 g/mol. The normalized spacial score (nSPS) is 14.2. The van der Waals surface area contributed by atoms with Crippen molar-refractivity contribution in [3.63, 3.8) is 0 Å². The van der Waals surface area contributed by atoms with E-state index in [4.69, 9.17) is 11.6 Å². The Hall–Kier alpha value is -1.91. The first-order valence-electron chi connectivity index (χ1n) is 7.42. The molecule has 1 aromatic carbocycles. The third-order valence-electron chi connectivity index (χ3n) is 3.01. The van der Waals surface area contributed by atoms with E-state index >= 15 is 0 Å². The van der Waals surface area contributed by atoms with Gasteiger partial charge in [-0.15, -0.1) is 13.2 Å². The molecule has 0 radical (unpaired) electrons. The molecule has 2 aromatic rings. The van der Waals surface area contributed by atoms with Gasteiger partial charge in [0.05, 0.1) is 0 Å². The lowest BCUT2D eigenvalue weighted by Gasteiger charge is -2.19. The highest BCUT2D eigenvalue weighted by molar-refractivity contribution is 7.91. The molecule has 11 heteroatoms. The molecule has 0 saturated heterocycles. The lowest BCUT2D eigenvalue weighted by atomic mass is 10.1. The van der Waals surface area contributed by atoms with Crippen LogP contribution in [0.25, 0.3) is 0 Å². The van der Waals surface area contributed by atoms with Crippen molar-refractivity contribution in [2.24, 2.45) is 4.40 Å². The van der Waals surface area contributed by atoms with Gasteiger partial charge in [0.25, 0.3) is 0 Å². The van der Waals surface area contributed by atoms with E-state index in [2.05, 4.69) is 19.1 Å². The van der Waals surface area contributed by atoms with Crippen LogP contribution in [-0.4, -0.2) is 31.3 Å². The standard InChI is InChI=1S/C16H14ClF4N3O2S/c1-15(2,3)27(25)24-12(13-14(17)23-7-6-22-13)9-4-5-11(10(18)8-9)26-16(19,20)21/h4-8H,1-3H3/b24-12+. The summed E-state index contributed by atoms with van der Waals surface area (Å²) in [4.78, 5) is 7.85. The number of benzene rings is 1. The van der Waals surface area contributed by atoms with Gasteiger partial charge in [-0.3, -0.25) is 0 Å². The van der Waals surface area contributed by atoms with Gasteiger partial charge in [-0.25, -0.2) is 14.4 Å². The minimum Gasteiger partial charge on any atom is -0.591 e. The maximum atomic E-state index is 14.1. The van der Waals surface area contributed by atoms with E-state index in [1.54, 1.807) is 20.8 Å². The first-order chi connectivity index (χ1) is 12.4. The molecule has 1 heterocycles. The van der Waals surface area contributed by atoms with Crippen LogP contribution in [0.15, 0.2) is 35.0 Å². The molecule has 0 aliphatic heterocycles. The molecule has 0 spiro atoms. The summed E-state index contributed by atoms with van der Waals surface area (Å²) < 4.78 is 70.4. The average molecular weight is 424 g/mol. The number of alkyl halides is 3. The van der Waals surface area contributed by atoms with E-state index in [0.29, 0.717) is 0 Å². The first kappa shape index (κ1) is 21.4. The molecular formula is C16H14ClF4N3O2S. The minimum atomic E-state index is -5.04. The summed E-state index contributed by atoms with van der Waals surface area (Å²) in [5.41, 5.74) is -0.0403. The van der Waals surface area contributed by atoms with E-state index in [0.717, 1.165) is 18.2 Å². The molecule has 0 aliphatic carbocycles. The van der Waals surface area contributed by atoms with Crippen molar-refractivity contribution in [2.45, 2.75) is 31.9 Å². The predicted molar refractivity (Wildman–Crippen MR) is 93.7 cm³/mol. The quantitative estimate of drug-likeness (QED) is 0.413. The van der Waals surface area contributed by atoms with Gasteiger partial charge in [-0.2, -0.15) is 0 Å². The third-order valence-corrected chi connectivity index (χ3v) is 4.68. The highest BCUT2D eigenvalue weighted by Gasteiger charge is 2.33.